The van der Waals surface area contributed by atoms with E-state index in [1.165, 1.54) is 35.8 Å². The Labute approximate surface area is 116 Å². The van der Waals surface area contributed by atoms with E-state index in [1.54, 1.807) is 6.16 Å². The van der Waals surface area contributed by atoms with Gasteiger partial charge in [0.15, 0.2) is 0 Å². The van der Waals surface area contributed by atoms with E-state index in [4.69, 9.17) is 0 Å². The van der Waals surface area contributed by atoms with Crippen LogP contribution in [-0.2, 0) is 0 Å². The van der Waals surface area contributed by atoms with E-state index in [-0.39, 0.29) is 24.0 Å². The van der Waals surface area contributed by atoms with Crippen LogP contribution in [0, 0.1) is 0 Å². The van der Waals surface area contributed by atoms with Crippen LogP contribution < -0.4 is 24.0 Å². The molecular weight excluding hydrogens is 405 g/mol. The van der Waals surface area contributed by atoms with Gasteiger partial charge in [-0.15, -0.1) is 0 Å². The summed E-state index contributed by atoms with van der Waals surface area (Å²) in [5, 5.41) is 0. The van der Waals surface area contributed by atoms with Crippen LogP contribution >= 0.6 is 29.9 Å². The predicted octanol–water partition coefficient (Wildman–Crippen LogP) is 1.28. The minimum Gasteiger partial charge on any atom is -1.00 e. The zero-order valence-electron chi connectivity index (χ0n) is 9.15. The van der Waals surface area contributed by atoms with Gasteiger partial charge in [-0.3, -0.25) is 0 Å². The Morgan fingerprint density at radius 1 is 0.923 bits per heavy atom. The van der Waals surface area contributed by atoms with Gasteiger partial charge in [0.05, 0.1) is 24.6 Å². The van der Waals surface area contributed by atoms with E-state index in [1.807, 2.05) is 0 Å². The van der Waals surface area contributed by atoms with Crippen LogP contribution in [0.5, 0.6) is 0 Å². The van der Waals surface area contributed by atoms with E-state index in [0.29, 0.717) is 0 Å². The maximum absolute atomic E-state index is 2.49. The van der Waals surface area contributed by atoms with Crippen LogP contribution in [0.1, 0.15) is 33.6 Å². The van der Waals surface area contributed by atoms with Crippen LogP contribution in [0.15, 0.2) is 0 Å². The lowest BCUT2D eigenvalue weighted by atomic mass is 10.4. The molecule has 0 saturated heterocycles. The van der Waals surface area contributed by atoms with Gasteiger partial charge >= 0.3 is 0 Å². The molecule has 0 unspecified atom stereocenters. The van der Waals surface area contributed by atoms with Crippen molar-refractivity contribution in [3.05, 3.63) is 0 Å². The number of hydrogen-bond acceptors (Lipinski definition) is 0. The minimum atomic E-state index is -0.472. The van der Waals surface area contributed by atoms with Gasteiger partial charge in [0, 0.05) is 7.26 Å². The molecule has 0 atom stereocenters. The second kappa shape index (κ2) is 10.4. The lowest BCUT2D eigenvalue weighted by molar-refractivity contribution is -0.00000268. The molecule has 0 aliphatic heterocycles. The third-order valence-corrected chi connectivity index (χ3v) is 9.08. The Morgan fingerprint density at radius 3 is 1.69 bits per heavy atom. The van der Waals surface area contributed by atoms with Gasteiger partial charge < -0.3 is 24.0 Å². The molecule has 13 heavy (non-hydrogen) atoms. The third kappa shape index (κ3) is 6.88. The second-order valence-corrected chi connectivity index (χ2v) is 9.52. The fourth-order valence-corrected chi connectivity index (χ4v) is 5.41. The minimum absolute atomic E-state index is 0. The molecule has 0 N–H and O–H groups in total. The predicted molar refractivity (Wildman–Crippen MR) is 71.5 cm³/mol. The number of hydrogen-bond donors (Lipinski definition) is 0. The summed E-state index contributed by atoms with van der Waals surface area (Å²) < 4.78 is 1.34. The summed E-state index contributed by atoms with van der Waals surface area (Å²) in [7, 11) is -0.472. The average Bonchev–Trinajstić information content (AvgIpc) is 2.14. The van der Waals surface area contributed by atoms with Crippen molar-refractivity contribution in [1.82, 2.24) is 0 Å². The Balaban J connectivity index is 0. The molecule has 0 aromatic carbocycles. The monoisotopic (exact) mass is 428 g/mol. The maximum atomic E-state index is 2.49. The molecule has 0 aromatic rings. The maximum Gasteiger partial charge on any atom is 0.0594 e. The summed E-state index contributed by atoms with van der Waals surface area (Å²) in [6.45, 7) is 7.18. The average molecular weight is 428 g/mol. The van der Waals surface area contributed by atoms with Gasteiger partial charge in [-0.2, -0.15) is 0 Å². The molecule has 0 nitrogen and oxygen atoms in total. The van der Waals surface area contributed by atoms with Crippen LogP contribution in [0.25, 0.3) is 0 Å². The van der Waals surface area contributed by atoms with Gasteiger partial charge in [-0.05, 0) is 38.0 Å². The van der Waals surface area contributed by atoms with Crippen molar-refractivity contribution >= 4 is 29.9 Å². The molecule has 0 heterocycles. The number of halogens is 2. The van der Waals surface area contributed by atoms with E-state index >= 15 is 0 Å². The van der Waals surface area contributed by atoms with Crippen molar-refractivity contribution < 1.29 is 24.0 Å². The number of rotatable bonds is 7. The zero-order chi connectivity index (χ0) is 9.45. The van der Waals surface area contributed by atoms with Crippen LogP contribution in [0.2, 0.25) is 0 Å². The Kier molecular flexibility index (Phi) is 13.8. The molecule has 0 radical (unpaired) electrons. The van der Waals surface area contributed by atoms with Crippen molar-refractivity contribution in [1.29, 1.82) is 0 Å². The molecule has 0 saturated carbocycles. The number of alkyl halides is 1. The van der Waals surface area contributed by atoms with E-state index in [2.05, 4.69) is 43.4 Å². The van der Waals surface area contributed by atoms with Gasteiger partial charge in [0.2, 0.25) is 0 Å². The molecule has 0 aliphatic carbocycles. The Hall–Kier alpha value is 1.89. The quantitative estimate of drug-likeness (QED) is 0.248. The van der Waals surface area contributed by atoms with Crippen LogP contribution in [0.4, 0.5) is 0 Å². The first kappa shape index (κ1) is 17.3. The fourth-order valence-electron chi connectivity index (χ4n) is 1.69. The molecule has 0 spiro atoms. The van der Waals surface area contributed by atoms with Crippen molar-refractivity contribution in [3.8, 4) is 0 Å². The first-order valence-electron chi connectivity index (χ1n) is 5.15. The fraction of sp³-hybridized carbons (Fsp3) is 1.00. The molecule has 82 valence electrons. The highest BCUT2D eigenvalue weighted by Gasteiger charge is 2.29. The van der Waals surface area contributed by atoms with E-state index in [0.717, 1.165) is 0 Å². The summed E-state index contributed by atoms with van der Waals surface area (Å²) in [4.78, 5) is 0. The summed E-state index contributed by atoms with van der Waals surface area (Å²) in [6, 6.07) is 0. The molecule has 3 heteroatoms. The zero-order valence-corrected chi connectivity index (χ0v) is 14.4. The highest BCUT2D eigenvalue weighted by molar-refractivity contribution is 14.1. The third-order valence-electron chi connectivity index (χ3n) is 3.03. The summed E-state index contributed by atoms with van der Waals surface area (Å²) in [5.74, 6) is 0. The normalized spacial score (nSPS) is 11.1. The SMILES string of the molecule is CC[P+](CC)(CC)CCCCI.[I-]. The van der Waals surface area contributed by atoms with Gasteiger partial charge in [-0.1, -0.05) is 22.6 Å². The van der Waals surface area contributed by atoms with Crippen LogP contribution in [0.3, 0.4) is 0 Å². The van der Waals surface area contributed by atoms with E-state index in [9.17, 15) is 0 Å². The van der Waals surface area contributed by atoms with Crippen molar-refractivity contribution in [3.63, 3.8) is 0 Å². The molecule has 0 amide bonds. The first-order valence-corrected chi connectivity index (χ1v) is 9.21. The van der Waals surface area contributed by atoms with Crippen LogP contribution in [-0.4, -0.2) is 29.1 Å². The molecule has 0 fully saturated rings. The highest BCUT2D eigenvalue weighted by atomic mass is 127. The highest BCUT2D eigenvalue weighted by Crippen LogP contribution is 2.58. The largest absolute Gasteiger partial charge is 1.00 e. The summed E-state index contributed by atoms with van der Waals surface area (Å²) >= 11 is 2.49. The van der Waals surface area contributed by atoms with Crippen molar-refractivity contribution in [2.24, 2.45) is 0 Å². The van der Waals surface area contributed by atoms with Gasteiger partial charge in [-0.25, -0.2) is 0 Å². The lowest BCUT2D eigenvalue weighted by Gasteiger charge is -2.23. The standard InChI is InChI=1S/C10H23IP.HI/c1-4-12(5-2,6-3)10-8-7-9-11;/h4-10H2,1-3H3;1H/q+1;/p-1. The lowest BCUT2D eigenvalue weighted by Crippen LogP contribution is -3.00. The van der Waals surface area contributed by atoms with Crippen molar-refractivity contribution in [2.75, 3.05) is 29.1 Å². The Bertz CT molecular complexity index is 94.8. The van der Waals surface area contributed by atoms with Crippen molar-refractivity contribution in [2.45, 2.75) is 33.6 Å². The molecule has 0 aromatic heterocycles. The molecule has 0 rings (SSSR count). The molecule has 0 bridgehead atoms. The second-order valence-electron chi connectivity index (χ2n) is 3.41. The van der Waals surface area contributed by atoms with E-state index < -0.39 is 7.26 Å². The molecular formula is C10H23I2P. The van der Waals surface area contributed by atoms with Gasteiger partial charge in [0.1, 0.15) is 0 Å². The molecule has 0 aliphatic rings. The first-order chi connectivity index (χ1) is 5.74. The number of unbranched alkanes of at least 4 members (excludes halogenated alkanes) is 1. The summed E-state index contributed by atoms with van der Waals surface area (Å²) in [6.07, 6.45) is 8.89. The van der Waals surface area contributed by atoms with Gasteiger partial charge in [0.25, 0.3) is 0 Å². The Morgan fingerprint density at radius 2 is 1.38 bits per heavy atom. The topological polar surface area (TPSA) is 0 Å². The summed E-state index contributed by atoms with van der Waals surface area (Å²) in [5.41, 5.74) is 0. The smallest absolute Gasteiger partial charge is 0.0594 e.